The molecule has 0 spiro atoms. The van der Waals surface area contributed by atoms with Crippen molar-refractivity contribution < 1.29 is 19.1 Å². The van der Waals surface area contributed by atoms with Crippen LogP contribution in [0.25, 0.3) is 0 Å². The molecule has 2 heterocycles. The predicted octanol–water partition coefficient (Wildman–Crippen LogP) is 2.01. The lowest BCUT2D eigenvalue weighted by Gasteiger charge is -2.43. The van der Waals surface area contributed by atoms with Crippen LogP contribution in [0.1, 0.15) is 17.0 Å². The van der Waals surface area contributed by atoms with Gasteiger partial charge in [0, 0.05) is 13.1 Å². The van der Waals surface area contributed by atoms with Gasteiger partial charge in [-0.2, -0.15) is 0 Å². The Balaban J connectivity index is 1.53. The van der Waals surface area contributed by atoms with Crippen molar-refractivity contribution in [2.75, 3.05) is 19.7 Å². The van der Waals surface area contributed by atoms with Crippen LogP contribution in [-0.4, -0.2) is 53.4 Å². The Morgan fingerprint density at radius 3 is 1.92 bits per heavy atom. The number of cyclic esters (lactones) is 1. The molecule has 2 aromatic carbocycles. The predicted molar refractivity (Wildman–Crippen MR) is 93.3 cm³/mol. The van der Waals surface area contributed by atoms with Crippen LogP contribution in [0, 0.1) is 0 Å². The topological polar surface area (TPSA) is 66.9 Å². The fourth-order valence-corrected chi connectivity index (χ4v) is 3.47. The van der Waals surface area contributed by atoms with Crippen LogP contribution >= 0.6 is 0 Å². The summed E-state index contributed by atoms with van der Waals surface area (Å²) in [5.74, 6) is -0.770. The molecule has 3 amide bonds. The number of ether oxygens (including phenoxy) is 1. The average molecular weight is 350 g/mol. The minimum atomic E-state index is -0.616. The van der Waals surface area contributed by atoms with Crippen molar-refractivity contribution in [2.24, 2.45) is 0 Å². The second-order valence-electron chi connectivity index (χ2n) is 6.47. The Kier molecular flexibility index (Phi) is 4.16. The van der Waals surface area contributed by atoms with Crippen LogP contribution < -0.4 is 0 Å². The Morgan fingerprint density at radius 1 is 0.923 bits per heavy atom. The summed E-state index contributed by atoms with van der Waals surface area (Å²) < 4.78 is 4.75. The van der Waals surface area contributed by atoms with E-state index in [1.54, 1.807) is 4.90 Å². The van der Waals surface area contributed by atoms with E-state index in [0.29, 0.717) is 13.1 Å². The SMILES string of the molecule is O=C(C(c1ccccc1)c1ccccc1)N1CC(N2C(=O)COC2=O)C1. The van der Waals surface area contributed by atoms with Crippen molar-refractivity contribution in [3.63, 3.8) is 0 Å². The molecular formula is C20H18N2O4. The lowest BCUT2D eigenvalue weighted by molar-refractivity contribution is -0.142. The molecule has 132 valence electrons. The van der Waals surface area contributed by atoms with Crippen molar-refractivity contribution in [3.05, 3.63) is 71.8 Å². The van der Waals surface area contributed by atoms with Gasteiger partial charge in [0.15, 0.2) is 6.61 Å². The molecule has 4 rings (SSSR count). The fraction of sp³-hybridized carbons (Fsp3) is 0.250. The highest BCUT2D eigenvalue weighted by atomic mass is 16.6. The Morgan fingerprint density at radius 2 is 1.46 bits per heavy atom. The maximum atomic E-state index is 13.2. The molecule has 6 nitrogen and oxygen atoms in total. The van der Waals surface area contributed by atoms with Gasteiger partial charge in [-0.05, 0) is 11.1 Å². The van der Waals surface area contributed by atoms with Crippen molar-refractivity contribution >= 4 is 17.9 Å². The van der Waals surface area contributed by atoms with Crippen LogP contribution in [0.2, 0.25) is 0 Å². The number of carbonyl (C=O) groups excluding carboxylic acids is 3. The largest absolute Gasteiger partial charge is 0.439 e. The van der Waals surface area contributed by atoms with E-state index in [2.05, 4.69) is 0 Å². The first-order chi connectivity index (χ1) is 12.6. The van der Waals surface area contributed by atoms with Gasteiger partial charge in [-0.3, -0.25) is 9.59 Å². The van der Waals surface area contributed by atoms with Crippen molar-refractivity contribution in [2.45, 2.75) is 12.0 Å². The van der Waals surface area contributed by atoms with Gasteiger partial charge in [-0.1, -0.05) is 60.7 Å². The number of likely N-dealkylation sites (tertiary alicyclic amines) is 1. The van der Waals surface area contributed by atoms with Gasteiger partial charge >= 0.3 is 6.09 Å². The maximum Gasteiger partial charge on any atom is 0.417 e. The van der Waals surface area contributed by atoms with Crippen molar-refractivity contribution in [1.82, 2.24) is 9.80 Å². The minimum absolute atomic E-state index is 0.0290. The number of hydrogen-bond donors (Lipinski definition) is 0. The van der Waals surface area contributed by atoms with Crippen LogP contribution in [0.4, 0.5) is 4.79 Å². The Hall–Kier alpha value is -3.15. The van der Waals surface area contributed by atoms with E-state index in [1.165, 1.54) is 0 Å². The molecular weight excluding hydrogens is 332 g/mol. The standard InChI is InChI=1S/C20H18N2O4/c23-17-13-26-20(25)22(17)16-11-21(12-16)19(24)18(14-7-3-1-4-8-14)15-9-5-2-6-10-15/h1-10,16,18H,11-13H2. The summed E-state index contributed by atoms with van der Waals surface area (Å²) >= 11 is 0. The van der Waals surface area contributed by atoms with Crippen molar-refractivity contribution in [1.29, 1.82) is 0 Å². The summed E-state index contributed by atoms with van der Waals surface area (Å²) in [7, 11) is 0. The first-order valence-corrected chi connectivity index (χ1v) is 8.52. The molecule has 0 bridgehead atoms. The van der Waals surface area contributed by atoms with E-state index in [-0.39, 0.29) is 24.5 Å². The number of hydrogen-bond acceptors (Lipinski definition) is 4. The van der Waals surface area contributed by atoms with Gasteiger partial charge < -0.3 is 9.64 Å². The summed E-state index contributed by atoms with van der Waals surface area (Å²) in [5.41, 5.74) is 1.84. The highest BCUT2D eigenvalue weighted by Gasteiger charge is 2.45. The second-order valence-corrected chi connectivity index (χ2v) is 6.47. The van der Waals surface area contributed by atoms with E-state index >= 15 is 0 Å². The smallest absolute Gasteiger partial charge is 0.417 e. The molecule has 0 N–H and O–H groups in total. The van der Waals surface area contributed by atoms with E-state index < -0.39 is 12.0 Å². The Labute approximate surface area is 151 Å². The zero-order chi connectivity index (χ0) is 18.1. The number of benzene rings is 2. The summed E-state index contributed by atoms with van der Waals surface area (Å²) in [6, 6.07) is 18.9. The zero-order valence-corrected chi connectivity index (χ0v) is 14.1. The van der Waals surface area contributed by atoms with Gasteiger partial charge in [-0.25, -0.2) is 9.69 Å². The van der Waals surface area contributed by atoms with Crippen LogP contribution in [-0.2, 0) is 14.3 Å². The molecule has 0 saturated carbocycles. The number of amides is 3. The molecule has 2 aliphatic heterocycles. The number of imide groups is 1. The molecule has 2 aromatic rings. The maximum absolute atomic E-state index is 13.2. The van der Waals surface area contributed by atoms with Crippen LogP contribution in [0.5, 0.6) is 0 Å². The van der Waals surface area contributed by atoms with Crippen LogP contribution in [0.15, 0.2) is 60.7 Å². The van der Waals surface area contributed by atoms with E-state index in [9.17, 15) is 14.4 Å². The zero-order valence-electron chi connectivity index (χ0n) is 14.1. The summed E-state index contributed by atoms with van der Waals surface area (Å²) in [5, 5.41) is 0. The lowest BCUT2D eigenvalue weighted by atomic mass is 9.88. The Bertz CT molecular complexity index is 776. The first-order valence-electron chi connectivity index (χ1n) is 8.52. The summed E-state index contributed by atoms with van der Waals surface area (Å²) in [4.78, 5) is 39.4. The third kappa shape index (κ3) is 2.83. The third-order valence-corrected chi connectivity index (χ3v) is 4.84. The number of rotatable bonds is 4. The quantitative estimate of drug-likeness (QED) is 0.846. The molecule has 0 unspecified atom stereocenters. The number of carbonyl (C=O) groups is 3. The van der Waals surface area contributed by atoms with Gasteiger partial charge in [0.05, 0.1) is 12.0 Å². The molecule has 2 saturated heterocycles. The lowest BCUT2D eigenvalue weighted by Crippen LogP contribution is -2.63. The highest BCUT2D eigenvalue weighted by Crippen LogP contribution is 2.30. The molecule has 0 radical (unpaired) electrons. The monoisotopic (exact) mass is 350 g/mol. The molecule has 0 aromatic heterocycles. The molecule has 2 fully saturated rings. The molecule has 0 aliphatic carbocycles. The molecule has 26 heavy (non-hydrogen) atoms. The second kappa shape index (κ2) is 6.63. The number of nitrogens with zero attached hydrogens (tertiary/aromatic N) is 2. The fourth-order valence-electron chi connectivity index (χ4n) is 3.47. The molecule has 0 atom stereocenters. The molecule has 6 heteroatoms. The van der Waals surface area contributed by atoms with Crippen molar-refractivity contribution in [3.8, 4) is 0 Å². The first kappa shape index (κ1) is 16.3. The minimum Gasteiger partial charge on any atom is -0.439 e. The highest BCUT2D eigenvalue weighted by molar-refractivity contribution is 5.98. The molecule has 2 aliphatic rings. The van der Waals surface area contributed by atoms with Gasteiger partial charge in [-0.15, -0.1) is 0 Å². The van der Waals surface area contributed by atoms with Gasteiger partial charge in [0.2, 0.25) is 5.91 Å². The van der Waals surface area contributed by atoms with Crippen LogP contribution in [0.3, 0.4) is 0 Å². The summed E-state index contributed by atoms with van der Waals surface area (Å²) in [6.07, 6.45) is -0.616. The normalized spacial score (nSPS) is 17.4. The van der Waals surface area contributed by atoms with E-state index in [0.717, 1.165) is 16.0 Å². The van der Waals surface area contributed by atoms with E-state index in [1.807, 2.05) is 60.7 Å². The average Bonchev–Trinajstić information content (AvgIpc) is 2.95. The third-order valence-electron chi connectivity index (χ3n) is 4.84. The van der Waals surface area contributed by atoms with Gasteiger partial charge in [0.1, 0.15) is 0 Å². The summed E-state index contributed by atoms with van der Waals surface area (Å²) in [6.45, 7) is 0.478. The van der Waals surface area contributed by atoms with Gasteiger partial charge in [0.25, 0.3) is 5.91 Å². The van der Waals surface area contributed by atoms with E-state index in [4.69, 9.17) is 4.74 Å².